The molecule has 2 aromatic carbocycles. The second-order valence-corrected chi connectivity index (χ2v) is 7.07. The second-order valence-electron chi connectivity index (χ2n) is 6.15. The summed E-state index contributed by atoms with van der Waals surface area (Å²) in [5, 5.41) is 2.95. The predicted octanol–water partition coefficient (Wildman–Crippen LogP) is 3.48. The maximum atomic E-state index is 12.2. The van der Waals surface area contributed by atoms with Gasteiger partial charge in [-0.3, -0.25) is 4.79 Å². The van der Waals surface area contributed by atoms with Crippen molar-refractivity contribution in [3.63, 3.8) is 0 Å². The summed E-state index contributed by atoms with van der Waals surface area (Å²) in [6, 6.07) is 13.6. The van der Waals surface area contributed by atoms with Gasteiger partial charge in [0, 0.05) is 16.5 Å². The van der Waals surface area contributed by atoms with Gasteiger partial charge in [-0.25, -0.2) is 0 Å². The highest BCUT2D eigenvalue weighted by molar-refractivity contribution is 9.10. The third-order valence-corrected chi connectivity index (χ3v) is 4.97. The first-order valence-electron chi connectivity index (χ1n) is 8.26. The van der Waals surface area contributed by atoms with Gasteiger partial charge in [-0.1, -0.05) is 28.1 Å². The van der Waals surface area contributed by atoms with E-state index in [2.05, 4.69) is 33.4 Å². The molecule has 25 heavy (non-hydrogen) atoms. The predicted molar refractivity (Wildman–Crippen MR) is 96.1 cm³/mol. The molecular formula is C19H18BrNO4. The van der Waals surface area contributed by atoms with Crippen LogP contribution in [0, 0.1) is 5.92 Å². The zero-order valence-corrected chi connectivity index (χ0v) is 15.1. The van der Waals surface area contributed by atoms with Crippen molar-refractivity contribution in [2.45, 2.75) is 12.3 Å². The van der Waals surface area contributed by atoms with Crippen molar-refractivity contribution in [1.82, 2.24) is 5.32 Å². The van der Waals surface area contributed by atoms with Crippen LogP contribution in [0.1, 0.15) is 17.9 Å². The van der Waals surface area contributed by atoms with Crippen LogP contribution in [0.2, 0.25) is 0 Å². The summed E-state index contributed by atoms with van der Waals surface area (Å²) in [4.78, 5) is 12.2. The summed E-state index contributed by atoms with van der Waals surface area (Å²) in [5.41, 5.74) is 1.22. The van der Waals surface area contributed by atoms with Crippen LogP contribution < -0.4 is 19.5 Å². The van der Waals surface area contributed by atoms with E-state index in [-0.39, 0.29) is 18.6 Å². The van der Waals surface area contributed by atoms with Crippen molar-refractivity contribution < 1.29 is 19.0 Å². The maximum absolute atomic E-state index is 12.2. The van der Waals surface area contributed by atoms with Crippen molar-refractivity contribution in [3.8, 4) is 17.2 Å². The van der Waals surface area contributed by atoms with Gasteiger partial charge in [-0.05, 0) is 42.2 Å². The van der Waals surface area contributed by atoms with Crippen LogP contribution in [0.5, 0.6) is 17.2 Å². The van der Waals surface area contributed by atoms with Gasteiger partial charge in [-0.15, -0.1) is 0 Å². The highest BCUT2D eigenvalue weighted by atomic mass is 79.9. The van der Waals surface area contributed by atoms with Gasteiger partial charge < -0.3 is 19.5 Å². The molecule has 5 nitrogen and oxygen atoms in total. The summed E-state index contributed by atoms with van der Waals surface area (Å²) < 4.78 is 17.3. The number of carbonyl (C=O) groups excluding carboxylic acids is 1. The van der Waals surface area contributed by atoms with Crippen LogP contribution in [0.15, 0.2) is 46.9 Å². The Morgan fingerprint density at radius 2 is 1.96 bits per heavy atom. The minimum atomic E-state index is 0.0757. The van der Waals surface area contributed by atoms with Crippen LogP contribution in [-0.2, 0) is 4.79 Å². The van der Waals surface area contributed by atoms with Gasteiger partial charge in [0.1, 0.15) is 12.4 Å². The molecule has 0 aromatic heterocycles. The zero-order chi connectivity index (χ0) is 17.2. The van der Waals surface area contributed by atoms with E-state index < -0.39 is 0 Å². The molecule has 4 rings (SSSR count). The maximum Gasteiger partial charge on any atom is 0.231 e. The molecule has 2 unspecified atom stereocenters. The van der Waals surface area contributed by atoms with E-state index in [0.717, 1.165) is 16.6 Å². The standard InChI is InChI=1S/C19H18BrNO4/c20-13-3-1-12(2-4-13)15-10-16(15)19(22)21-7-8-23-14-5-6-17-18(9-14)25-11-24-17/h1-6,9,15-16H,7-8,10-11H2,(H,21,22). The topological polar surface area (TPSA) is 56.8 Å². The van der Waals surface area contributed by atoms with E-state index >= 15 is 0 Å². The lowest BCUT2D eigenvalue weighted by atomic mass is 10.1. The molecule has 0 saturated heterocycles. The largest absolute Gasteiger partial charge is 0.492 e. The molecule has 130 valence electrons. The molecule has 1 N–H and O–H groups in total. The van der Waals surface area contributed by atoms with E-state index in [1.165, 1.54) is 5.56 Å². The third kappa shape index (κ3) is 3.74. The van der Waals surface area contributed by atoms with Crippen LogP contribution >= 0.6 is 15.9 Å². The Balaban J connectivity index is 1.20. The summed E-state index contributed by atoms with van der Waals surface area (Å²) in [7, 11) is 0. The van der Waals surface area contributed by atoms with E-state index in [1.54, 1.807) is 6.07 Å². The molecule has 2 aromatic rings. The Labute approximate surface area is 154 Å². The minimum Gasteiger partial charge on any atom is -0.492 e. The van der Waals surface area contributed by atoms with Crippen LogP contribution in [-0.4, -0.2) is 25.9 Å². The molecule has 1 saturated carbocycles. The van der Waals surface area contributed by atoms with Crippen LogP contribution in [0.25, 0.3) is 0 Å². The zero-order valence-electron chi connectivity index (χ0n) is 13.5. The van der Waals surface area contributed by atoms with E-state index in [0.29, 0.717) is 30.6 Å². The Kier molecular flexibility index (Phi) is 4.53. The molecule has 2 aliphatic rings. The number of carbonyl (C=O) groups is 1. The lowest BCUT2D eigenvalue weighted by Crippen LogP contribution is -2.29. The number of halogens is 1. The summed E-state index contributed by atoms with van der Waals surface area (Å²) >= 11 is 3.43. The molecule has 2 atom stereocenters. The summed E-state index contributed by atoms with van der Waals surface area (Å²) in [5.74, 6) is 2.64. The lowest BCUT2D eigenvalue weighted by molar-refractivity contribution is -0.122. The fourth-order valence-corrected chi connectivity index (χ4v) is 3.27. The van der Waals surface area contributed by atoms with Crippen LogP contribution in [0.3, 0.4) is 0 Å². The lowest BCUT2D eigenvalue weighted by Gasteiger charge is -2.08. The first kappa shape index (κ1) is 16.3. The number of hydrogen-bond donors (Lipinski definition) is 1. The first-order chi connectivity index (χ1) is 12.2. The number of ether oxygens (including phenoxy) is 3. The molecule has 1 aliphatic heterocycles. The molecule has 1 aliphatic carbocycles. The highest BCUT2D eigenvalue weighted by Crippen LogP contribution is 2.47. The molecule has 0 spiro atoms. The van der Waals surface area contributed by atoms with E-state index in [9.17, 15) is 4.79 Å². The van der Waals surface area contributed by atoms with Gasteiger partial charge in [0.25, 0.3) is 0 Å². The molecule has 1 heterocycles. The molecule has 0 bridgehead atoms. The van der Waals surface area contributed by atoms with Crippen molar-refractivity contribution in [1.29, 1.82) is 0 Å². The normalized spacial score (nSPS) is 20.2. The number of fused-ring (bicyclic) bond motifs is 1. The summed E-state index contributed by atoms with van der Waals surface area (Å²) in [6.07, 6.45) is 0.913. The van der Waals surface area contributed by atoms with Gasteiger partial charge in [-0.2, -0.15) is 0 Å². The smallest absolute Gasteiger partial charge is 0.231 e. The van der Waals surface area contributed by atoms with Crippen molar-refractivity contribution in [2.75, 3.05) is 19.9 Å². The Morgan fingerprint density at radius 1 is 1.16 bits per heavy atom. The molecule has 6 heteroatoms. The quantitative estimate of drug-likeness (QED) is 0.750. The Morgan fingerprint density at radius 3 is 2.80 bits per heavy atom. The summed E-state index contributed by atoms with van der Waals surface area (Å²) in [6.45, 7) is 1.15. The molecular weight excluding hydrogens is 386 g/mol. The average Bonchev–Trinajstić information content (AvgIpc) is 3.29. The minimum absolute atomic E-state index is 0.0757. The molecule has 1 fully saturated rings. The first-order valence-corrected chi connectivity index (χ1v) is 9.05. The van der Waals surface area contributed by atoms with Crippen molar-refractivity contribution >= 4 is 21.8 Å². The van der Waals surface area contributed by atoms with Gasteiger partial charge in [0.2, 0.25) is 12.7 Å². The van der Waals surface area contributed by atoms with Crippen molar-refractivity contribution in [2.24, 2.45) is 5.92 Å². The molecule has 1 amide bonds. The van der Waals surface area contributed by atoms with E-state index in [1.807, 2.05) is 24.3 Å². The Bertz CT molecular complexity index is 777. The molecule has 0 radical (unpaired) electrons. The van der Waals surface area contributed by atoms with Crippen molar-refractivity contribution in [3.05, 3.63) is 52.5 Å². The fraction of sp³-hybridized carbons (Fsp3) is 0.316. The number of rotatable bonds is 6. The van der Waals surface area contributed by atoms with E-state index in [4.69, 9.17) is 14.2 Å². The second kappa shape index (κ2) is 6.96. The number of nitrogens with one attached hydrogen (secondary N) is 1. The van der Waals surface area contributed by atoms with Crippen LogP contribution in [0.4, 0.5) is 0 Å². The van der Waals surface area contributed by atoms with Gasteiger partial charge in [0.05, 0.1) is 6.54 Å². The number of amides is 1. The SMILES string of the molecule is O=C(NCCOc1ccc2c(c1)OCO2)C1CC1c1ccc(Br)cc1. The third-order valence-electron chi connectivity index (χ3n) is 4.44. The number of benzene rings is 2. The number of hydrogen-bond acceptors (Lipinski definition) is 4. The fourth-order valence-electron chi connectivity index (χ4n) is 3.00. The highest BCUT2D eigenvalue weighted by Gasteiger charge is 2.43. The Hall–Kier alpha value is -2.21. The van der Waals surface area contributed by atoms with Gasteiger partial charge >= 0.3 is 0 Å². The average molecular weight is 404 g/mol. The van der Waals surface area contributed by atoms with Gasteiger partial charge in [0.15, 0.2) is 11.5 Å². The monoisotopic (exact) mass is 403 g/mol.